The van der Waals surface area contributed by atoms with Crippen LogP contribution in [-0.4, -0.2) is 73.0 Å². The highest BCUT2D eigenvalue weighted by atomic mass is 19.1. The Balaban J connectivity index is 1.39. The molecule has 1 fully saturated rings. The van der Waals surface area contributed by atoms with Gasteiger partial charge in [-0.2, -0.15) is 0 Å². The summed E-state index contributed by atoms with van der Waals surface area (Å²) in [6, 6.07) is 6.54. The van der Waals surface area contributed by atoms with Crippen molar-refractivity contribution >= 4 is 0 Å². The van der Waals surface area contributed by atoms with Crippen LogP contribution >= 0.6 is 0 Å². The molecule has 0 N–H and O–H groups in total. The normalized spacial score (nSPS) is 24.5. The minimum absolute atomic E-state index is 0.258. The summed E-state index contributed by atoms with van der Waals surface area (Å²) in [6.07, 6.45) is 4.33. The van der Waals surface area contributed by atoms with Gasteiger partial charge in [0.2, 0.25) is 5.89 Å². The Morgan fingerprint density at radius 2 is 1.85 bits per heavy atom. The largest absolute Gasteiger partial charge is 0.421 e. The van der Waals surface area contributed by atoms with Crippen LogP contribution in [0.4, 0.5) is 4.39 Å². The van der Waals surface area contributed by atoms with Gasteiger partial charge in [-0.3, -0.25) is 4.90 Å². The highest BCUT2D eigenvalue weighted by molar-refractivity contribution is 5.53. The zero-order valence-corrected chi connectivity index (χ0v) is 21.0. The number of rotatable bonds is 9. The number of aromatic nitrogens is 2. The smallest absolute Gasteiger partial charge is 0.250 e. The van der Waals surface area contributed by atoms with Gasteiger partial charge in [0.25, 0.3) is 5.89 Å². The summed E-state index contributed by atoms with van der Waals surface area (Å²) in [5.41, 5.74) is 1.77. The molecule has 186 valence electrons. The van der Waals surface area contributed by atoms with Crippen LogP contribution in [-0.2, 0) is 11.2 Å². The van der Waals surface area contributed by atoms with E-state index in [-0.39, 0.29) is 11.7 Å². The minimum atomic E-state index is -0.339. The number of hydrogen-bond donors (Lipinski definition) is 0. The van der Waals surface area contributed by atoms with E-state index in [0.717, 1.165) is 52.3 Å². The number of allylic oxidation sites excluding steroid dienone is 1. The fourth-order valence-electron chi connectivity index (χ4n) is 5.49. The lowest BCUT2D eigenvalue weighted by Gasteiger charge is -2.41. The summed E-state index contributed by atoms with van der Waals surface area (Å²) >= 11 is 0. The molecule has 1 aliphatic carbocycles. The number of methoxy groups -OCH3 is 1. The molecule has 0 bridgehead atoms. The second-order valence-corrected chi connectivity index (χ2v) is 10.2. The number of halogens is 1. The van der Waals surface area contributed by atoms with Crippen LogP contribution in [0.2, 0.25) is 0 Å². The molecule has 34 heavy (non-hydrogen) atoms. The van der Waals surface area contributed by atoms with Gasteiger partial charge in [-0.25, -0.2) is 4.39 Å². The van der Waals surface area contributed by atoms with E-state index in [1.54, 1.807) is 25.3 Å². The predicted molar refractivity (Wildman–Crippen MR) is 132 cm³/mol. The molecule has 0 amide bonds. The van der Waals surface area contributed by atoms with E-state index in [4.69, 9.17) is 9.15 Å². The number of benzene rings is 1. The molecular weight excluding hydrogens is 431 g/mol. The maximum atomic E-state index is 14.1. The third-order valence-electron chi connectivity index (χ3n) is 7.62. The van der Waals surface area contributed by atoms with Gasteiger partial charge < -0.3 is 14.1 Å². The highest BCUT2D eigenvalue weighted by Gasteiger charge is 2.34. The van der Waals surface area contributed by atoms with Crippen LogP contribution in [0.1, 0.15) is 33.1 Å². The van der Waals surface area contributed by atoms with E-state index in [2.05, 4.69) is 46.8 Å². The van der Waals surface area contributed by atoms with Crippen molar-refractivity contribution in [3.8, 4) is 11.5 Å². The summed E-state index contributed by atoms with van der Waals surface area (Å²) in [5, 5.41) is 8.35. The van der Waals surface area contributed by atoms with Gasteiger partial charge >= 0.3 is 0 Å². The van der Waals surface area contributed by atoms with Crippen molar-refractivity contribution in [1.29, 1.82) is 0 Å². The zero-order valence-electron chi connectivity index (χ0n) is 21.0. The molecule has 0 radical (unpaired) electrons. The Bertz CT molecular complexity index is 952. The molecule has 1 aromatic heterocycles. The van der Waals surface area contributed by atoms with Gasteiger partial charge in [0.15, 0.2) is 0 Å². The minimum Gasteiger partial charge on any atom is -0.421 e. The number of nitrogens with zero attached hydrogens (tertiary/aromatic N) is 4. The molecule has 1 saturated heterocycles. The molecule has 6 nitrogen and oxygen atoms in total. The van der Waals surface area contributed by atoms with Gasteiger partial charge in [-0.05, 0) is 49.1 Å². The Morgan fingerprint density at radius 1 is 1.12 bits per heavy atom. The van der Waals surface area contributed by atoms with Crippen molar-refractivity contribution in [1.82, 2.24) is 20.0 Å². The van der Waals surface area contributed by atoms with Crippen molar-refractivity contribution in [2.75, 3.05) is 53.0 Å². The van der Waals surface area contributed by atoms with E-state index in [9.17, 15) is 4.39 Å². The molecule has 2 aliphatic rings. The van der Waals surface area contributed by atoms with Crippen molar-refractivity contribution in [2.45, 2.75) is 33.6 Å². The average Bonchev–Trinajstić information content (AvgIpc) is 3.28. The fourth-order valence-corrected chi connectivity index (χ4v) is 5.49. The molecule has 3 unspecified atom stereocenters. The second kappa shape index (κ2) is 11.6. The lowest BCUT2D eigenvalue weighted by Crippen LogP contribution is -2.49. The number of piperazine rings is 1. The summed E-state index contributed by atoms with van der Waals surface area (Å²) in [6.45, 7) is 14.4. The maximum Gasteiger partial charge on any atom is 0.250 e. The molecule has 0 spiro atoms. The molecule has 1 aliphatic heterocycles. The highest BCUT2D eigenvalue weighted by Crippen LogP contribution is 2.39. The van der Waals surface area contributed by atoms with Crippen molar-refractivity contribution in [3.63, 3.8) is 0 Å². The van der Waals surface area contributed by atoms with Crippen LogP contribution < -0.4 is 0 Å². The van der Waals surface area contributed by atoms with Crippen LogP contribution in [0.5, 0.6) is 0 Å². The monoisotopic (exact) mass is 470 g/mol. The molecule has 1 aromatic carbocycles. The van der Waals surface area contributed by atoms with Crippen LogP contribution in [0.3, 0.4) is 0 Å². The Labute approximate surface area is 203 Å². The third kappa shape index (κ3) is 6.12. The first-order chi connectivity index (χ1) is 16.4. The van der Waals surface area contributed by atoms with Crippen LogP contribution in [0.25, 0.3) is 11.5 Å². The topological polar surface area (TPSA) is 54.6 Å². The quantitative estimate of drug-likeness (QED) is 0.502. The van der Waals surface area contributed by atoms with E-state index in [1.165, 1.54) is 11.6 Å². The van der Waals surface area contributed by atoms with Gasteiger partial charge in [0.05, 0.1) is 12.2 Å². The maximum absolute atomic E-state index is 14.1. The average molecular weight is 471 g/mol. The molecule has 2 aromatic rings. The predicted octanol–water partition coefficient (Wildman–Crippen LogP) is 4.54. The SMILES string of the molecule is COCCN1CCN(CC2C=C(C)C(Cc3nnc(-c4ccccc4F)o3)CC2C(C)C)CC1. The summed E-state index contributed by atoms with van der Waals surface area (Å²) in [4.78, 5) is 5.13. The number of hydrogen-bond acceptors (Lipinski definition) is 6. The van der Waals surface area contributed by atoms with E-state index < -0.39 is 0 Å². The molecule has 3 atom stereocenters. The Hall–Kier alpha value is -2.09. The number of ether oxygens (including phenoxy) is 1. The first-order valence-electron chi connectivity index (χ1n) is 12.6. The molecule has 4 rings (SSSR count). The second-order valence-electron chi connectivity index (χ2n) is 10.2. The van der Waals surface area contributed by atoms with Gasteiger partial charge in [-0.1, -0.05) is 37.6 Å². The van der Waals surface area contributed by atoms with Crippen LogP contribution in [0, 0.1) is 29.5 Å². The van der Waals surface area contributed by atoms with Gasteiger partial charge in [-0.15, -0.1) is 10.2 Å². The van der Waals surface area contributed by atoms with Crippen molar-refractivity contribution in [2.24, 2.45) is 23.7 Å². The van der Waals surface area contributed by atoms with Gasteiger partial charge in [0, 0.05) is 52.8 Å². The van der Waals surface area contributed by atoms with E-state index in [1.807, 2.05) is 0 Å². The fraction of sp³-hybridized carbons (Fsp3) is 0.630. The zero-order chi connectivity index (χ0) is 24.1. The molecule has 7 heteroatoms. The van der Waals surface area contributed by atoms with Crippen molar-refractivity contribution < 1.29 is 13.5 Å². The molecular formula is C27H39FN4O2. The Kier molecular flexibility index (Phi) is 8.51. The van der Waals surface area contributed by atoms with Crippen molar-refractivity contribution in [3.05, 3.63) is 47.6 Å². The first-order valence-corrected chi connectivity index (χ1v) is 12.6. The summed E-state index contributed by atoms with van der Waals surface area (Å²) in [7, 11) is 1.77. The summed E-state index contributed by atoms with van der Waals surface area (Å²) < 4.78 is 25.2. The third-order valence-corrected chi connectivity index (χ3v) is 7.62. The molecule has 2 heterocycles. The lowest BCUT2D eigenvalue weighted by atomic mass is 9.69. The van der Waals surface area contributed by atoms with Crippen LogP contribution in [0.15, 0.2) is 40.3 Å². The Morgan fingerprint density at radius 3 is 2.56 bits per heavy atom. The first kappa shape index (κ1) is 25.0. The van der Waals surface area contributed by atoms with E-state index in [0.29, 0.717) is 41.5 Å². The van der Waals surface area contributed by atoms with E-state index >= 15 is 0 Å². The standard InChI is InChI=1S/C27H39FN4O2/c1-19(2)24-16-21(17-26-29-30-27(34-26)23-7-5-6-8-25(23)28)20(3)15-22(24)18-32-11-9-31(10-12-32)13-14-33-4/h5-8,15,19,21-22,24H,9-14,16-18H2,1-4H3. The lowest BCUT2D eigenvalue weighted by molar-refractivity contribution is 0.0798. The van der Waals surface area contributed by atoms with Gasteiger partial charge in [0.1, 0.15) is 5.82 Å². The summed E-state index contributed by atoms with van der Waals surface area (Å²) in [5.74, 6) is 2.68. The molecule has 0 saturated carbocycles.